The Labute approximate surface area is 94.6 Å². The minimum atomic E-state index is -0.710. The molecule has 15 heavy (non-hydrogen) atoms. The van der Waals surface area contributed by atoms with Crippen LogP contribution in [0.25, 0.3) is 0 Å². The molecular weight excluding hydrogens is 265 g/mol. The SMILES string of the molecule is O=C1CC(Br)CN1c1ccc(O)c(F)c1. The number of amides is 1. The number of phenolic OH excluding ortho intramolecular Hbond substituents is 1. The first-order valence-corrected chi connectivity index (χ1v) is 5.42. The maximum atomic E-state index is 13.1. The molecule has 0 saturated carbocycles. The van der Waals surface area contributed by atoms with E-state index in [1.165, 1.54) is 17.0 Å². The topological polar surface area (TPSA) is 40.5 Å². The number of hydrogen-bond acceptors (Lipinski definition) is 2. The number of phenols is 1. The molecule has 0 radical (unpaired) electrons. The van der Waals surface area contributed by atoms with Gasteiger partial charge in [-0.1, -0.05) is 15.9 Å². The summed E-state index contributed by atoms with van der Waals surface area (Å²) >= 11 is 3.34. The van der Waals surface area contributed by atoms with E-state index >= 15 is 0 Å². The van der Waals surface area contributed by atoms with Gasteiger partial charge in [-0.3, -0.25) is 4.79 Å². The Morgan fingerprint density at radius 1 is 1.53 bits per heavy atom. The molecule has 5 heteroatoms. The van der Waals surface area contributed by atoms with E-state index in [1.54, 1.807) is 0 Å². The Bertz CT molecular complexity index is 410. The summed E-state index contributed by atoms with van der Waals surface area (Å²) in [6.07, 6.45) is 0.419. The van der Waals surface area contributed by atoms with Gasteiger partial charge in [-0.25, -0.2) is 4.39 Å². The number of aromatic hydroxyl groups is 1. The van der Waals surface area contributed by atoms with Gasteiger partial charge in [0.15, 0.2) is 11.6 Å². The van der Waals surface area contributed by atoms with Gasteiger partial charge in [0, 0.05) is 29.5 Å². The molecule has 1 aliphatic heterocycles. The monoisotopic (exact) mass is 273 g/mol. The van der Waals surface area contributed by atoms with Crippen LogP contribution in [0.3, 0.4) is 0 Å². The van der Waals surface area contributed by atoms with Crippen molar-refractivity contribution in [1.29, 1.82) is 0 Å². The number of carbonyl (C=O) groups is 1. The van der Waals surface area contributed by atoms with Crippen LogP contribution in [-0.2, 0) is 4.79 Å². The van der Waals surface area contributed by atoms with Crippen molar-refractivity contribution in [2.75, 3.05) is 11.4 Å². The summed E-state index contributed by atoms with van der Waals surface area (Å²) in [4.78, 5) is 13.1. The second-order valence-corrected chi connectivity index (χ2v) is 4.74. The zero-order chi connectivity index (χ0) is 11.0. The molecule has 1 fully saturated rings. The van der Waals surface area contributed by atoms with Crippen LogP contribution in [0.4, 0.5) is 10.1 Å². The summed E-state index contributed by atoms with van der Waals surface area (Å²) in [6.45, 7) is 0.531. The van der Waals surface area contributed by atoms with Crippen molar-refractivity contribution in [2.45, 2.75) is 11.2 Å². The number of rotatable bonds is 1. The third-order valence-corrected chi connectivity index (χ3v) is 2.93. The van der Waals surface area contributed by atoms with Crippen LogP contribution in [0.2, 0.25) is 0 Å². The van der Waals surface area contributed by atoms with Crippen molar-refractivity contribution in [3.8, 4) is 5.75 Å². The summed E-state index contributed by atoms with van der Waals surface area (Å²) in [5, 5.41) is 9.02. The number of benzene rings is 1. The fourth-order valence-corrected chi connectivity index (χ4v) is 2.14. The van der Waals surface area contributed by atoms with Crippen molar-refractivity contribution >= 4 is 27.5 Å². The summed E-state index contributed by atoms with van der Waals surface area (Å²) in [5.41, 5.74) is 0.484. The van der Waals surface area contributed by atoms with Crippen molar-refractivity contribution in [3.05, 3.63) is 24.0 Å². The highest BCUT2D eigenvalue weighted by Crippen LogP contribution is 2.28. The highest BCUT2D eigenvalue weighted by Gasteiger charge is 2.29. The van der Waals surface area contributed by atoms with Gasteiger partial charge in [0.1, 0.15) is 0 Å². The lowest BCUT2D eigenvalue weighted by Gasteiger charge is -2.15. The van der Waals surface area contributed by atoms with Crippen molar-refractivity contribution < 1.29 is 14.3 Å². The zero-order valence-corrected chi connectivity index (χ0v) is 9.37. The third kappa shape index (κ3) is 1.97. The summed E-state index contributed by atoms with van der Waals surface area (Å²) in [7, 11) is 0. The second-order valence-electron chi connectivity index (χ2n) is 3.44. The van der Waals surface area contributed by atoms with Crippen LogP contribution in [0.15, 0.2) is 18.2 Å². The van der Waals surface area contributed by atoms with E-state index in [-0.39, 0.29) is 10.7 Å². The predicted octanol–water partition coefficient (Wildman–Crippen LogP) is 2.03. The molecule has 80 valence electrons. The molecule has 1 N–H and O–H groups in total. The number of carbonyl (C=O) groups excluding carboxylic acids is 1. The average molecular weight is 274 g/mol. The molecule has 1 saturated heterocycles. The van der Waals surface area contributed by atoms with E-state index in [0.29, 0.717) is 18.7 Å². The Morgan fingerprint density at radius 3 is 2.80 bits per heavy atom. The second kappa shape index (κ2) is 3.81. The maximum absolute atomic E-state index is 13.1. The van der Waals surface area contributed by atoms with Crippen LogP contribution in [0.1, 0.15) is 6.42 Å². The standard InChI is InChI=1S/C10H9BrFNO2/c11-6-3-10(15)13(5-6)7-1-2-9(14)8(12)4-7/h1-2,4,6,14H,3,5H2. The quantitative estimate of drug-likeness (QED) is 0.796. The first-order valence-electron chi connectivity index (χ1n) is 4.51. The molecule has 0 bridgehead atoms. The molecule has 2 rings (SSSR count). The highest BCUT2D eigenvalue weighted by atomic mass is 79.9. The number of nitrogens with zero attached hydrogens (tertiary/aromatic N) is 1. The predicted molar refractivity (Wildman–Crippen MR) is 57.7 cm³/mol. The minimum absolute atomic E-state index is 0.0398. The van der Waals surface area contributed by atoms with E-state index < -0.39 is 11.6 Å². The Hall–Kier alpha value is -1.10. The number of hydrogen-bond donors (Lipinski definition) is 1. The molecule has 1 aromatic rings. The molecule has 3 nitrogen and oxygen atoms in total. The van der Waals surface area contributed by atoms with Crippen LogP contribution in [0, 0.1) is 5.82 Å². The Balaban J connectivity index is 2.30. The molecule has 0 aliphatic carbocycles. The summed E-state index contributed by atoms with van der Waals surface area (Å²) in [5.74, 6) is -1.15. The van der Waals surface area contributed by atoms with Crippen LogP contribution in [0.5, 0.6) is 5.75 Å². The van der Waals surface area contributed by atoms with Crippen LogP contribution in [-0.4, -0.2) is 22.4 Å². The molecule has 0 spiro atoms. The van der Waals surface area contributed by atoms with E-state index in [1.807, 2.05) is 0 Å². The fraction of sp³-hybridized carbons (Fsp3) is 0.300. The zero-order valence-electron chi connectivity index (χ0n) is 7.78. The number of alkyl halides is 1. The fourth-order valence-electron chi connectivity index (χ4n) is 1.58. The lowest BCUT2D eigenvalue weighted by Crippen LogP contribution is -2.24. The van der Waals surface area contributed by atoms with Crippen molar-refractivity contribution in [3.63, 3.8) is 0 Å². The first kappa shape index (κ1) is 10.4. The van der Waals surface area contributed by atoms with Gasteiger partial charge in [0.05, 0.1) is 0 Å². The van der Waals surface area contributed by atoms with Gasteiger partial charge in [-0.05, 0) is 12.1 Å². The van der Waals surface area contributed by atoms with Gasteiger partial charge in [-0.2, -0.15) is 0 Å². The van der Waals surface area contributed by atoms with E-state index in [2.05, 4.69) is 15.9 Å². The average Bonchev–Trinajstić information content (AvgIpc) is 2.50. The largest absolute Gasteiger partial charge is 0.505 e. The Kier molecular flexibility index (Phi) is 2.65. The smallest absolute Gasteiger partial charge is 0.228 e. The molecule has 1 atom stereocenters. The molecule has 1 heterocycles. The molecule has 1 unspecified atom stereocenters. The van der Waals surface area contributed by atoms with Gasteiger partial charge in [-0.15, -0.1) is 0 Å². The highest BCUT2D eigenvalue weighted by molar-refractivity contribution is 9.09. The number of anilines is 1. The lowest BCUT2D eigenvalue weighted by molar-refractivity contribution is -0.117. The molecule has 0 aromatic heterocycles. The summed E-state index contributed by atoms with van der Waals surface area (Å²) in [6, 6.07) is 3.94. The van der Waals surface area contributed by atoms with Crippen LogP contribution >= 0.6 is 15.9 Å². The van der Waals surface area contributed by atoms with Crippen molar-refractivity contribution in [1.82, 2.24) is 0 Å². The van der Waals surface area contributed by atoms with Gasteiger partial charge < -0.3 is 10.0 Å². The normalized spacial score (nSPS) is 21.1. The van der Waals surface area contributed by atoms with E-state index in [9.17, 15) is 9.18 Å². The van der Waals surface area contributed by atoms with E-state index in [0.717, 1.165) is 6.07 Å². The molecule has 1 amide bonds. The molecular formula is C10H9BrFNO2. The number of halogens is 2. The maximum Gasteiger partial charge on any atom is 0.228 e. The van der Waals surface area contributed by atoms with Crippen molar-refractivity contribution in [2.24, 2.45) is 0 Å². The molecule has 1 aromatic carbocycles. The third-order valence-electron chi connectivity index (χ3n) is 2.32. The van der Waals surface area contributed by atoms with Gasteiger partial charge >= 0.3 is 0 Å². The lowest BCUT2D eigenvalue weighted by atomic mass is 10.2. The summed E-state index contributed by atoms with van der Waals surface area (Å²) < 4.78 is 13.1. The van der Waals surface area contributed by atoms with Crippen LogP contribution < -0.4 is 4.90 Å². The van der Waals surface area contributed by atoms with E-state index in [4.69, 9.17) is 5.11 Å². The molecule has 1 aliphatic rings. The van der Waals surface area contributed by atoms with Gasteiger partial charge in [0.25, 0.3) is 0 Å². The Morgan fingerprint density at radius 2 is 2.27 bits per heavy atom. The van der Waals surface area contributed by atoms with Gasteiger partial charge in [0.2, 0.25) is 5.91 Å². The minimum Gasteiger partial charge on any atom is -0.505 e. The first-order chi connectivity index (χ1) is 7.08.